The molecule has 17 heavy (non-hydrogen) atoms. The van der Waals surface area contributed by atoms with Gasteiger partial charge in [-0.05, 0) is 12.8 Å². The molecule has 1 saturated carbocycles. The molecule has 0 aromatic carbocycles. The van der Waals surface area contributed by atoms with Crippen molar-refractivity contribution in [3.8, 4) is 0 Å². The van der Waals surface area contributed by atoms with Crippen LogP contribution in [-0.4, -0.2) is 54.9 Å². The van der Waals surface area contributed by atoms with Crippen LogP contribution in [0, 0.1) is 0 Å². The summed E-state index contributed by atoms with van der Waals surface area (Å²) >= 11 is 0. The fourth-order valence-corrected chi connectivity index (χ4v) is 2.18. The van der Waals surface area contributed by atoms with Crippen molar-refractivity contribution in [2.45, 2.75) is 37.6 Å². The molecule has 0 bridgehead atoms. The van der Waals surface area contributed by atoms with Gasteiger partial charge in [0.2, 0.25) is 5.91 Å². The third-order valence-electron chi connectivity index (χ3n) is 3.34. The van der Waals surface area contributed by atoms with Gasteiger partial charge in [0, 0.05) is 25.6 Å². The molecule has 1 fully saturated rings. The number of carbonyl (C=O) groups is 1. The van der Waals surface area contributed by atoms with Crippen LogP contribution >= 0.6 is 0 Å². The smallest absolute Gasteiger partial charge is 0.224 e. The third-order valence-corrected chi connectivity index (χ3v) is 3.34. The van der Waals surface area contributed by atoms with Crippen molar-refractivity contribution in [1.82, 2.24) is 4.90 Å². The number of hydrogen-bond acceptors (Lipinski definition) is 4. The van der Waals surface area contributed by atoms with Gasteiger partial charge in [-0.2, -0.15) is 0 Å². The Morgan fingerprint density at radius 3 is 2.65 bits per heavy atom. The molecule has 0 aliphatic heterocycles. The lowest BCUT2D eigenvalue weighted by atomic mass is 9.94. The molecule has 1 aliphatic rings. The molecule has 0 radical (unpaired) electrons. The zero-order chi connectivity index (χ0) is 12.7. The first-order valence-electron chi connectivity index (χ1n) is 6.29. The van der Waals surface area contributed by atoms with Crippen molar-refractivity contribution >= 4 is 5.91 Å². The molecule has 0 spiro atoms. The monoisotopic (exact) mass is 244 g/mol. The molecule has 0 saturated heterocycles. The molecular weight excluding hydrogens is 220 g/mol. The second-order valence-corrected chi connectivity index (χ2v) is 4.90. The Balaban J connectivity index is 2.22. The molecule has 1 amide bonds. The summed E-state index contributed by atoms with van der Waals surface area (Å²) in [5, 5.41) is 8.54. The van der Waals surface area contributed by atoms with Crippen molar-refractivity contribution < 1.29 is 14.6 Å². The maximum absolute atomic E-state index is 11.9. The highest BCUT2D eigenvalue weighted by Crippen LogP contribution is 2.30. The summed E-state index contributed by atoms with van der Waals surface area (Å²) in [5.41, 5.74) is 5.88. The Bertz CT molecular complexity index is 240. The summed E-state index contributed by atoms with van der Waals surface area (Å²) < 4.78 is 5.12. The Kier molecular flexibility index (Phi) is 5.88. The Labute approximate surface area is 103 Å². The Morgan fingerprint density at radius 1 is 1.41 bits per heavy atom. The summed E-state index contributed by atoms with van der Waals surface area (Å²) in [6.07, 6.45) is 4.60. The largest absolute Gasteiger partial charge is 0.394 e. The van der Waals surface area contributed by atoms with Crippen molar-refractivity contribution in [3.63, 3.8) is 0 Å². The van der Waals surface area contributed by atoms with Gasteiger partial charge in [-0.15, -0.1) is 0 Å². The average Bonchev–Trinajstić information content (AvgIpc) is 2.70. The minimum Gasteiger partial charge on any atom is -0.394 e. The highest BCUT2D eigenvalue weighted by atomic mass is 16.5. The van der Waals surface area contributed by atoms with E-state index in [2.05, 4.69) is 0 Å². The van der Waals surface area contributed by atoms with E-state index in [4.69, 9.17) is 15.6 Å². The predicted octanol–water partition coefficient (Wildman–Crippen LogP) is 0.115. The second kappa shape index (κ2) is 6.93. The Morgan fingerprint density at radius 2 is 2.06 bits per heavy atom. The van der Waals surface area contributed by atoms with Gasteiger partial charge < -0.3 is 20.5 Å². The average molecular weight is 244 g/mol. The predicted molar refractivity (Wildman–Crippen MR) is 65.5 cm³/mol. The Hall–Kier alpha value is -0.650. The molecule has 0 unspecified atom stereocenters. The summed E-state index contributed by atoms with van der Waals surface area (Å²) in [6.45, 7) is 1.35. The number of rotatable bonds is 7. The summed E-state index contributed by atoms with van der Waals surface area (Å²) in [7, 11) is 1.77. The minimum absolute atomic E-state index is 0.0174. The number of amides is 1. The molecule has 3 N–H and O–H groups in total. The topological polar surface area (TPSA) is 75.8 Å². The first-order chi connectivity index (χ1) is 8.07. The highest BCUT2D eigenvalue weighted by Gasteiger charge is 2.32. The highest BCUT2D eigenvalue weighted by molar-refractivity contribution is 5.77. The number of likely N-dealkylation sites (N-methyl/N-ethyl adjacent to an activating group) is 1. The number of hydrogen-bond donors (Lipinski definition) is 2. The van der Waals surface area contributed by atoms with E-state index in [-0.39, 0.29) is 18.1 Å². The first-order valence-corrected chi connectivity index (χ1v) is 6.29. The molecular formula is C12H24N2O3. The van der Waals surface area contributed by atoms with E-state index in [9.17, 15) is 4.79 Å². The van der Waals surface area contributed by atoms with E-state index < -0.39 is 0 Å². The molecule has 5 nitrogen and oxygen atoms in total. The van der Waals surface area contributed by atoms with Crippen LogP contribution in [-0.2, 0) is 9.53 Å². The number of nitrogens with two attached hydrogens (primary N) is 1. The van der Waals surface area contributed by atoms with Crippen LogP contribution in [0.15, 0.2) is 0 Å². The lowest BCUT2D eigenvalue weighted by molar-refractivity contribution is -0.131. The lowest BCUT2D eigenvalue weighted by Gasteiger charge is -2.26. The molecule has 0 heterocycles. The van der Waals surface area contributed by atoms with Crippen LogP contribution in [0.4, 0.5) is 0 Å². The van der Waals surface area contributed by atoms with E-state index in [1.54, 1.807) is 11.9 Å². The van der Waals surface area contributed by atoms with E-state index in [0.29, 0.717) is 26.2 Å². The van der Waals surface area contributed by atoms with Crippen LogP contribution in [0.25, 0.3) is 0 Å². The van der Waals surface area contributed by atoms with Gasteiger partial charge in [0.25, 0.3) is 0 Å². The van der Waals surface area contributed by atoms with Gasteiger partial charge in [-0.3, -0.25) is 4.79 Å². The molecule has 1 aliphatic carbocycles. The lowest BCUT2D eigenvalue weighted by Crippen LogP contribution is -2.43. The fraction of sp³-hybridized carbons (Fsp3) is 0.917. The van der Waals surface area contributed by atoms with Gasteiger partial charge in [-0.25, -0.2) is 0 Å². The van der Waals surface area contributed by atoms with E-state index in [1.807, 2.05) is 0 Å². The second-order valence-electron chi connectivity index (χ2n) is 4.90. The van der Waals surface area contributed by atoms with E-state index in [0.717, 1.165) is 25.7 Å². The van der Waals surface area contributed by atoms with Crippen LogP contribution < -0.4 is 5.73 Å². The van der Waals surface area contributed by atoms with E-state index in [1.165, 1.54) is 0 Å². The van der Waals surface area contributed by atoms with Gasteiger partial charge in [0.15, 0.2) is 0 Å². The quantitative estimate of drug-likeness (QED) is 0.624. The SMILES string of the molecule is CN(CCOCCO)C(=O)CC1(N)CCCC1. The summed E-state index contributed by atoms with van der Waals surface area (Å²) in [5.74, 6) is 0.0852. The summed E-state index contributed by atoms with van der Waals surface area (Å²) in [4.78, 5) is 13.6. The normalized spacial score (nSPS) is 18.3. The number of nitrogens with zero attached hydrogens (tertiary/aromatic N) is 1. The van der Waals surface area contributed by atoms with Crippen molar-refractivity contribution in [3.05, 3.63) is 0 Å². The number of carbonyl (C=O) groups excluding carboxylic acids is 1. The molecule has 5 heteroatoms. The molecule has 0 aromatic heterocycles. The van der Waals surface area contributed by atoms with Crippen LogP contribution in [0.3, 0.4) is 0 Å². The molecule has 0 aromatic rings. The molecule has 0 atom stereocenters. The van der Waals surface area contributed by atoms with Crippen LogP contribution in [0.1, 0.15) is 32.1 Å². The molecule has 100 valence electrons. The van der Waals surface area contributed by atoms with Gasteiger partial charge >= 0.3 is 0 Å². The zero-order valence-electron chi connectivity index (χ0n) is 10.7. The maximum atomic E-state index is 11.9. The van der Waals surface area contributed by atoms with Gasteiger partial charge in [0.1, 0.15) is 0 Å². The number of ether oxygens (including phenoxy) is 1. The van der Waals surface area contributed by atoms with Crippen molar-refractivity contribution in [2.24, 2.45) is 5.73 Å². The van der Waals surface area contributed by atoms with Gasteiger partial charge in [-0.1, -0.05) is 12.8 Å². The van der Waals surface area contributed by atoms with Crippen LogP contribution in [0.5, 0.6) is 0 Å². The van der Waals surface area contributed by atoms with Crippen molar-refractivity contribution in [1.29, 1.82) is 0 Å². The standard InChI is InChI=1S/C12H24N2O3/c1-14(6-8-17-9-7-15)11(16)10-12(13)4-2-3-5-12/h15H,2-10,13H2,1H3. The first kappa shape index (κ1) is 14.4. The van der Waals surface area contributed by atoms with Gasteiger partial charge in [0.05, 0.1) is 19.8 Å². The fourth-order valence-electron chi connectivity index (χ4n) is 2.18. The zero-order valence-corrected chi connectivity index (χ0v) is 10.7. The maximum Gasteiger partial charge on any atom is 0.224 e. The molecule has 1 rings (SSSR count). The summed E-state index contributed by atoms with van der Waals surface area (Å²) in [6, 6.07) is 0. The number of aliphatic hydroxyl groups is 1. The minimum atomic E-state index is -0.280. The van der Waals surface area contributed by atoms with E-state index >= 15 is 0 Å². The number of aliphatic hydroxyl groups excluding tert-OH is 1. The van der Waals surface area contributed by atoms with Crippen molar-refractivity contribution in [2.75, 3.05) is 33.4 Å². The third kappa shape index (κ3) is 5.02. The van der Waals surface area contributed by atoms with Crippen LogP contribution in [0.2, 0.25) is 0 Å².